The van der Waals surface area contributed by atoms with Gasteiger partial charge in [-0.25, -0.2) is 0 Å². The minimum atomic E-state index is -0.627. The molecule has 0 aliphatic carbocycles. The average Bonchev–Trinajstić information content (AvgIpc) is 2.16. The molecule has 3 heteroatoms. The summed E-state index contributed by atoms with van der Waals surface area (Å²) in [5.41, 5.74) is 5.64. The molecule has 0 bridgehead atoms. The van der Waals surface area contributed by atoms with Gasteiger partial charge in [-0.1, -0.05) is 5.92 Å². The molecule has 15 heavy (non-hydrogen) atoms. The first-order valence-electron chi connectivity index (χ1n) is 4.66. The summed E-state index contributed by atoms with van der Waals surface area (Å²) in [5.74, 6) is 5.07. The van der Waals surface area contributed by atoms with Crippen molar-refractivity contribution in [2.24, 2.45) is 5.73 Å². The van der Waals surface area contributed by atoms with Gasteiger partial charge in [-0.3, -0.25) is 4.79 Å². The quantitative estimate of drug-likeness (QED) is 0.737. The van der Waals surface area contributed by atoms with Gasteiger partial charge < -0.3 is 10.5 Å². The SMILES string of the molecule is CC(C)Oc1ccc(C#CC(N)=O)cc1. The largest absolute Gasteiger partial charge is 0.491 e. The molecule has 0 aliphatic rings. The van der Waals surface area contributed by atoms with Crippen LogP contribution >= 0.6 is 0 Å². The third-order valence-electron chi connectivity index (χ3n) is 1.56. The highest BCUT2D eigenvalue weighted by atomic mass is 16.5. The first kappa shape index (κ1) is 11.1. The Hall–Kier alpha value is -1.95. The smallest absolute Gasteiger partial charge is 0.293 e. The predicted molar refractivity (Wildman–Crippen MR) is 58.3 cm³/mol. The molecule has 0 fully saturated rings. The molecule has 0 heterocycles. The fourth-order valence-electron chi connectivity index (χ4n) is 1.02. The number of carbonyl (C=O) groups excluding carboxylic acids is 1. The maximum atomic E-state index is 10.4. The lowest BCUT2D eigenvalue weighted by atomic mass is 10.2. The molecule has 0 spiro atoms. The van der Waals surface area contributed by atoms with Gasteiger partial charge in [0, 0.05) is 5.56 Å². The second-order valence-electron chi connectivity index (χ2n) is 3.31. The minimum absolute atomic E-state index is 0.146. The molecule has 0 saturated heterocycles. The van der Waals surface area contributed by atoms with Crippen LogP contribution in [0.2, 0.25) is 0 Å². The van der Waals surface area contributed by atoms with E-state index < -0.39 is 5.91 Å². The van der Waals surface area contributed by atoms with E-state index >= 15 is 0 Å². The zero-order valence-electron chi connectivity index (χ0n) is 8.78. The van der Waals surface area contributed by atoms with Crippen molar-refractivity contribution in [1.29, 1.82) is 0 Å². The van der Waals surface area contributed by atoms with Gasteiger partial charge in [-0.2, -0.15) is 0 Å². The zero-order valence-corrected chi connectivity index (χ0v) is 8.78. The molecular weight excluding hydrogens is 190 g/mol. The number of benzene rings is 1. The number of hydrogen-bond acceptors (Lipinski definition) is 2. The summed E-state index contributed by atoms with van der Waals surface area (Å²) >= 11 is 0. The third kappa shape index (κ3) is 4.19. The Morgan fingerprint density at radius 2 is 1.93 bits per heavy atom. The highest BCUT2D eigenvalue weighted by molar-refractivity contribution is 5.92. The summed E-state index contributed by atoms with van der Waals surface area (Å²) in [7, 11) is 0. The Kier molecular flexibility index (Phi) is 3.75. The topological polar surface area (TPSA) is 52.3 Å². The van der Waals surface area contributed by atoms with Gasteiger partial charge in [0.2, 0.25) is 0 Å². The van der Waals surface area contributed by atoms with Crippen molar-refractivity contribution in [3.05, 3.63) is 29.8 Å². The van der Waals surface area contributed by atoms with E-state index in [9.17, 15) is 4.79 Å². The molecule has 1 amide bonds. The van der Waals surface area contributed by atoms with Gasteiger partial charge in [-0.05, 0) is 44.0 Å². The van der Waals surface area contributed by atoms with Crippen LogP contribution in [0.3, 0.4) is 0 Å². The van der Waals surface area contributed by atoms with E-state index in [1.807, 2.05) is 26.0 Å². The summed E-state index contributed by atoms with van der Waals surface area (Å²) in [5, 5.41) is 0. The molecule has 2 N–H and O–H groups in total. The summed E-state index contributed by atoms with van der Waals surface area (Å²) in [6.45, 7) is 3.92. The molecule has 0 saturated carbocycles. The molecular formula is C12H13NO2. The first-order valence-corrected chi connectivity index (χ1v) is 4.66. The van der Waals surface area contributed by atoms with Gasteiger partial charge in [0.1, 0.15) is 5.75 Å². The maximum Gasteiger partial charge on any atom is 0.293 e. The van der Waals surface area contributed by atoms with Gasteiger partial charge in [-0.15, -0.1) is 0 Å². The van der Waals surface area contributed by atoms with Crippen molar-refractivity contribution >= 4 is 5.91 Å². The van der Waals surface area contributed by atoms with Gasteiger partial charge in [0.05, 0.1) is 6.10 Å². The van der Waals surface area contributed by atoms with Gasteiger partial charge >= 0.3 is 0 Å². The summed E-state index contributed by atoms with van der Waals surface area (Å²) in [4.78, 5) is 10.4. The van der Waals surface area contributed by atoms with Crippen molar-refractivity contribution in [2.45, 2.75) is 20.0 Å². The van der Waals surface area contributed by atoms with E-state index in [0.29, 0.717) is 0 Å². The van der Waals surface area contributed by atoms with Crippen LogP contribution in [0.1, 0.15) is 19.4 Å². The molecule has 0 atom stereocenters. The molecule has 0 radical (unpaired) electrons. The van der Waals surface area contributed by atoms with Crippen LogP contribution in [0.25, 0.3) is 0 Å². The number of carbonyl (C=O) groups is 1. The van der Waals surface area contributed by atoms with Crippen LogP contribution in [0.5, 0.6) is 5.75 Å². The van der Waals surface area contributed by atoms with Crippen LogP contribution < -0.4 is 10.5 Å². The number of hydrogen-bond donors (Lipinski definition) is 1. The number of rotatable bonds is 2. The molecule has 78 valence electrons. The Morgan fingerprint density at radius 3 is 2.40 bits per heavy atom. The van der Waals surface area contributed by atoms with Crippen LogP contribution in [-0.2, 0) is 4.79 Å². The summed E-state index contributed by atoms with van der Waals surface area (Å²) < 4.78 is 5.45. The molecule has 1 aromatic carbocycles. The molecule has 1 rings (SSSR count). The summed E-state index contributed by atoms with van der Waals surface area (Å²) in [6, 6.07) is 7.19. The van der Waals surface area contributed by atoms with Gasteiger partial charge in [0.25, 0.3) is 5.91 Å². The Bertz CT molecular complexity index is 396. The lowest BCUT2D eigenvalue weighted by Gasteiger charge is -2.08. The lowest BCUT2D eigenvalue weighted by molar-refractivity contribution is -0.112. The van der Waals surface area contributed by atoms with Crippen molar-refractivity contribution in [3.8, 4) is 17.6 Å². The average molecular weight is 203 g/mol. The number of nitrogens with two attached hydrogens (primary N) is 1. The van der Waals surface area contributed by atoms with Gasteiger partial charge in [0.15, 0.2) is 0 Å². The van der Waals surface area contributed by atoms with E-state index in [1.165, 1.54) is 0 Å². The number of amides is 1. The fourth-order valence-corrected chi connectivity index (χ4v) is 1.02. The summed E-state index contributed by atoms with van der Waals surface area (Å²) in [6.07, 6.45) is 0.146. The fraction of sp³-hybridized carbons (Fsp3) is 0.250. The molecule has 0 aliphatic heterocycles. The van der Waals surface area contributed by atoms with Crippen LogP contribution in [0, 0.1) is 11.8 Å². The maximum absolute atomic E-state index is 10.4. The normalized spacial score (nSPS) is 9.27. The minimum Gasteiger partial charge on any atom is -0.491 e. The molecule has 1 aromatic rings. The van der Waals surface area contributed by atoms with Crippen molar-refractivity contribution in [3.63, 3.8) is 0 Å². The zero-order chi connectivity index (χ0) is 11.3. The van der Waals surface area contributed by atoms with E-state index in [4.69, 9.17) is 10.5 Å². The Balaban J connectivity index is 2.74. The molecule has 0 aromatic heterocycles. The second kappa shape index (κ2) is 5.06. The standard InChI is InChI=1S/C12H13NO2/c1-9(2)15-11-6-3-10(4-7-11)5-8-12(13)14/h3-4,6-7,9H,1-2H3,(H2,13,14). The van der Waals surface area contributed by atoms with Crippen LogP contribution in [0.15, 0.2) is 24.3 Å². The third-order valence-corrected chi connectivity index (χ3v) is 1.56. The van der Waals surface area contributed by atoms with E-state index in [1.54, 1.807) is 12.1 Å². The molecule has 0 unspecified atom stereocenters. The highest BCUT2D eigenvalue weighted by Crippen LogP contribution is 2.12. The van der Waals surface area contributed by atoms with E-state index in [2.05, 4.69) is 11.8 Å². The van der Waals surface area contributed by atoms with Crippen molar-refractivity contribution in [1.82, 2.24) is 0 Å². The first-order chi connectivity index (χ1) is 7.08. The lowest BCUT2D eigenvalue weighted by Crippen LogP contribution is -2.06. The second-order valence-corrected chi connectivity index (χ2v) is 3.31. The van der Waals surface area contributed by atoms with Crippen LogP contribution in [0.4, 0.5) is 0 Å². The highest BCUT2D eigenvalue weighted by Gasteiger charge is 1.96. The number of primary amides is 1. The predicted octanol–water partition coefficient (Wildman–Crippen LogP) is 1.31. The van der Waals surface area contributed by atoms with Crippen molar-refractivity contribution in [2.75, 3.05) is 0 Å². The van der Waals surface area contributed by atoms with Crippen LogP contribution in [-0.4, -0.2) is 12.0 Å². The van der Waals surface area contributed by atoms with E-state index in [-0.39, 0.29) is 6.10 Å². The van der Waals surface area contributed by atoms with E-state index in [0.717, 1.165) is 11.3 Å². The van der Waals surface area contributed by atoms with Crippen molar-refractivity contribution < 1.29 is 9.53 Å². The monoisotopic (exact) mass is 203 g/mol. The Morgan fingerprint density at radius 1 is 1.33 bits per heavy atom. The Labute approximate surface area is 89.2 Å². The number of ether oxygens (including phenoxy) is 1. The molecule has 3 nitrogen and oxygen atoms in total.